The molecule has 1 aliphatic heterocycles. The predicted octanol–water partition coefficient (Wildman–Crippen LogP) is 2.57. The van der Waals surface area contributed by atoms with Crippen molar-refractivity contribution in [3.63, 3.8) is 0 Å². The molecule has 0 spiro atoms. The lowest BCUT2D eigenvalue weighted by atomic mass is 9.99. The summed E-state index contributed by atoms with van der Waals surface area (Å²) in [6, 6.07) is 4.88. The Hall–Kier alpha value is -1.09. The molecule has 1 unspecified atom stereocenters. The van der Waals surface area contributed by atoms with Gasteiger partial charge in [-0.25, -0.2) is 4.98 Å². The number of hydrogen-bond donors (Lipinski definition) is 1. The maximum atomic E-state index is 4.61. The van der Waals surface area contributed by atoms with Crippen molar-refractivity contribution in [3.05, 3.63) is 23.9 Å². The summed E-state index contributed by atoms with van der Waals surface area (Å²) in [5.41, 5.74) is 1.32. The van der Waals surface area contributed by atoms with Gasteiger partial charge >= 0.3 is 0 Å². The first-order chi connectivity index (χ1) is 8.36. The van der Waals surface area contributed by atoms with Crippen LogP contribution in [-0.2, 0) is 6.54 Å². The zero-order valence-electron chi connectivity index (χ0n) is 10.9. The average Bonchev–Trinajstić information content (AvgIpc) is 2.40. The summed E-state index contributed by atoms with van der Waals surface area (Å²) in [6.45, 7) is 4.34. The van der Waals surface area contributed by atoms with Gasteiger partial charge in [-0.3, -0.25) is 0 Å². The molecule has 2 heterocycles. The summed E-state index contributed by atoms with van der Waals surface area (Å²) in [6.07, 6.45) is 7.10. The van der Waals surface area contributed by atoms with Gasteiger partial charge in [0.1, 0.15) is 5.82 Å². The monoisotopic (exact) mass is 233 g/mol. The van der Waals surface area contributed by atoms with Gasteiger partial charge in [-0.2, -0.15) is 0 Å². The van der Waals surface area contributed by atoms with Crippen molar-refractivity contribution >= 4 is 5.82 Å². The summed E-state index contributed by atoms with van der Waals surface area (Å²) in [5, 5.41) is 3.23. The fourth-order valence-electron chi connectivity index (χ4n) is 2.72. The lowest BCUT2D eigenvalue weighted by molar-refractivity contribution is 0.445. The lowest BCUT2D eigenvalue weighted by Gasteiger charge is -2.37. The zero-order chi connectivity index (χ0) is 12.1. The Morgan fingerprint density at radius 2 is 2.35 bits per heavy atom. The van der Waals surface area contributed by atoms with E-state index in [0.29, 0.717) is 6.04 Å². The first kappa shape index (κ1) is 12.4. The molecule has 0 aromatic carbocycles. The van der Waals surface area contributed by atoms with Crippen molar-refractivity contribution in [2.75, 3.05) is 18.5 Å². The number of piperidine rings is 1. The minimum atomic E-state index is 0.675. The SMILES string of the molecule is CCC1CCCCN1c1ncccc1CNC. The molecule has 1 N–H and O–H groups in total. The van der Waals surface area contributed by atoms with E-state index in [1.165, 1.54) is 37.1 Å². The highest BCUT2D eigenvalue weighted by Crippen LogP contribution is 2.27. The Labute approximate surface area is 104 Å². The van der Waals surface area contributed by atoms with E-state index in [1.807, 2.05) is 19.3 Å². The first-order valence-electron chi connectivity index (χ1n) is 6.72. The number of anilines is 1. The Morgan fingerprint density at radius 3 is 3.12 bits per heavy atom. The molecule has 1 aromatic rings. The number of pyridine rings is 1. The molecule has 1 saturated heterocycles. The molecule has 1 aliphatic rings. The van der Waals surface area contributed by atoms with E-state index in [2.05, 4.69) is 28.2 Å². The van der Waals surface area contributed by atoms with Gasteiger partial charge in [0, 0.05) is 30.9 Å². The second-order valence-electron chi connectivity index (χ2n) is 4.77. The van der Waals surface area contributed by atoms with Crippen LogP contribution in [0.2, 0.25) is 0 Å². The lowest BCUT2D eigenvalue weighted by Crippen LogP contribution is -2.40. The molecular weight excluding hydrogens is 210 g/mol. The van der Waals surface area contributed by atoms with E-state index in [1.54, 1.807) is 0 Å². The van der Waals surface area contributed by atoms with Crippen LogP contribution >= 0.6 is 0 Å². The van der Waals surface area contributed by atoms with Gasteiger partial charge in [-0.05, 0) is 38.8 Å². The summed E-state index contributed by atoms with van der Waals surface area (Å²) >= 11 is 0. The van der Waals surface area contributed by atoms with Gasteiger partial charge in [0.15, 0.2) is 0 Å². The largest absolute Gasteiger partial charge is 0.353 e. The van der Waals surface area contributed by atoms with Crippen LogP contribution in [0.1, 0.15) is 38.2 Å². The minimum absolute atomic E-state index is 0.675. The highest BCUT2D eigenvalue weighted by atomic mass is 15.2. The Morgan fingerprint density at radius 1 is 1.47 bits per heavy atom. The number of aromatic nitrogens is 1. The maximum Gasteiger partial charge on any atom is 0.133 e. The third-order valence-corrected chi connectivity index (χ3v) is 3.61. The normalized spacial score (nSPS) is 20.6. The molecule has 0 saturated carbocycles. The smallest absolute Gasteiger partial charge is 0.133 e. The fourth-order valence-corrected chi connectivity index (χ4v) is 2.72. The summed E-state index contributed by atoms with van der Waals surface area (Å²) in [7, 11) is 1.99. The highest BCUT2D eigenvalue weighted by molar-refractivity contribution is 5.48. The first-order valence-corrected chi connectivity index (χ1v) is 6.72. The van der Waals surface area contributed by atoms with Gasteiger partial charge < -0.3 is 10.2 Å². The summed E-state index contributed by atoms with van der Waals surface area (Å²) in [5.74, 6) is 1.19. The Bertz CT molecular complexity index is 351. The molecule has 17 heavy (non-hydrogen) atoms. The van der Waals surface area contributed by atoms with Crippen molar-refractivity contribution in [2.45, 2.75) is 45.2 Å². The van der Waals surface area contributed by atoms with Gasteiger partial charge in [0.25, 0.3) is 0 Å². The van der Waals surface area contributed by atoms with Crippen molar-refractivity contribution in [1.82, 2.24) is 10.3 Å². The van der Waals surface area contributed by atoms with E-state index < -0.39 is 0 Å². The molecule has 94 valence electrons. The molecule has 3 nitrogen and oxygen atoms in total. The Kier molecular flexibility index (Phi) is 4.37. The van der Waals surface area contributed by atoms with Crippen molar-refractivity contribution < 1.29 is 0 Å². The standard InChI is InChI=1S/C14H23N3/c1-3-13-8-4-5-10-17(13)14-12(11-15-2)7-6-9-16-14/h6-7,9,13,15H,3-5,8,10-11H2,1-2H3. The number of nitrogens with zero attached hydrogens (tertiary/aromatic N) is 2. The fraction of sp³-hybridized carbons (Fsp3) is 0.643. The minimum Gasteiger partial charge on any atom is -0.353 e. The molecule has 0 bridgehead atoms. The van der Waals surface area contributed by atoms with Crippen LogP contribution < -0.4 is 10.2 Å². The molecule has 0 amide bonds. The van der Waals surface area contributed by atoms with Gasteiger partial charge in [-0.1, -0.05) is 13.0 Å². The molecule has 1 fully saturated rings. The third kappa shape index (κ3) is 2.78. The molecule has 0 radical (unpaired) electrons. The van der Waals surface area contributed by atoms with E-state index in [-0.39, 0.29) is 0 Å². The topological polar surface area (TPSA) is 28.2 Å². The Balaban J connectivity index is 2.24. The van der Waals surface area contributed by atoms with Crippen LogP contribution in [-0.4, -0.2) is 24.6 Å². The molecular formula is C14H23N3. The second-order valence-corrected chi connectivity index (χ2v) is 4.77. The number of hydrogen-bond acceptors (Lipinski definition) is 3. The molecule has 1 atom stereocenters. The van der Waals surface area contributed by atoms with Crippen LogP contribution in [0.3, 0.4) is 0 Å². The number of rotatable bonds is 4. The molecule has 0 aliphatic carbocycles. The van der Waals surface area contributed by atoms with Crippen LogP contribution in [0.5, 0.6) is 0 Å². The average molecular weight is 233 g/mol. The van der Waals surface area contributed by atoms with Crippen LogP contribution in [0.4, 0.5) is 5.82 Å². The van der Waals surface area contributed by atoms with Crippen LogP contribution in [0.15, 0.2) is 18.3 Å². The summed E-state index contributed by atoms with van der Waals surface area (Å²) in [4.78, 5) is 7.12. The van der Waals surface area contributed by atoms with Crippen molar-refractivity contribution in [2.24, 2.45) is 0 Å². The highest BCUT2D eigenvalue weighted by Gasteiger charge is 2.23. The van der Waals surface area contributed by atoms with E-state index >= 15 is 0 Å². The predicted molar refractivity (Wildman–Crippen MR) is 72.3 cm³/mol. The van der Waals surface area contributed by atoms with Crippen molar-refractivity contribution in [1.29, 1.82) is 0 Å². The maximum absolute atomic E-state index is 4.61. The zero-order valence-corrected chi connectivity index (χ0v) is 10.9. The van der Waals surface area contributed by atoms with Gasteiger partial charge in [-0.15, -0.1) is 0 Å². The molecule has 1 aromatic heterocycles. The van der Waals surface area contributed by atoms with Crippen molar-refractivity contribution in [3.8, 4) is 0 Å². The molecule has 2 rings (SSSR count). The summed E-state index contributed by atoms with van der Waals surface area (Å²) < 4.78 is 0. The van der Waals surface area contributed by atoms with E-state index in [0.717, 1.165) is 13.1 Å². The van der Waals surface area contributed by atoms with E-state index in [9.17, 15) is 0 Å². The van der Waals surface area contributed by atoms with E-state index in [4.69, 9.17) is 0 Å². The van der Waals surface area contributed by atoms with Crippen LogP contribution in [0.25, 0.3) is 0 Å². The molecule has 3 heteroatoms. The van der Waals surface area contributed by atoms with Crippen LogP contribution in [0, 0.1) is 0 Å². The van der Waals surface area contributed by atoms with Gasteiger partial charge in [0.05, 0.1) is 0 Å². The third-order valence-electron chi connectivity index (χ3n) is 3.61. The number of nitrogens with one attached hydrogen (secondary N) is 1. The second kappa shape index (κ2) is 6.01. The quantitative estimate of drug-likeness (QED) is 0.866. The van der Waals surface area contributed by atoms with Gasteiger partial charge in [0.2, 0.25) is 0 Å².